The maximum absolute atomic E-state index is 6.12. The molecule has 0 unspecified atom stereocenters. The SMILES string of the molecule is Cc1c(Cl)ccc2c1oc1c(C)c(Br)ccc12. The lowest BCUT2D eigenvalue weighted by molar-refractivity contribution is 0.662. The highest BCUT2D eigenvalue weighted by molar-refractivity contribution is 9.10. The van der Waals surface area contributed by atoms with Crippen LogP contribution in [0.3, 0.4) is 0 Å². The second-order valence-corrected chi connectivity index (χ2v) is 5.46. The Labute approximate surface area is 112 Å². The maximum atomic E-state index is 6.12. The van der Waals surface area contributed by atoms with Gasteiger partial charge in [-0.25, -0.2) is 0 Å². The van der Waals surface area contributed by atoms with Gasteiger partial charge in [-0.3, -0.25) is 0 Å². The minimum absolute atomic E-state index is 0.744. The number of hydrogen-bond donors (Lipinski definition) is 0. The largest absolute Gasteiger partial charge is 0.455 e. The molecular weight excluding hydrogens is 300 g/mol. The van der Waals surface area contributed by atoms with E-state index in [-0.39, 0.29) is 0 Å². The molecule has 2 aromatic carbocycles. The van der Waals surface area contributed by atoms with Crippen molar-refractivity contribution in [3.05, 3.63) is 44.9 Å². The molecule has 1 heterocycles. The summed E-state index contributed by atoms with van der Waals surface area (Å²) in [5.74, 6) is 0. The molecule has 0 atom stereocenters. The molecule has 3 aromatic rings. The fourth-order valence-electron chi connectivity index (χ4n) is 2.12. The monoisotopic (exact) mass is 308 g/mol. The molecule has 1 nitrogen and oxygen atoms in total. The predicted molar refractivity (Wildman–Crippen MR) is 75.9 cm³/mol. The fourth-order valence-corrected chi connectivity index (χ4v) is 2.59. The molecule has 0 fully saturated rings. The third-order valence-electron chi connectivity index (χ3n) is 3.17. The summed E-state index contributed by atoms with van der Waals surface area (Å²) in [5, 5.41) is 3.01. The van der Waals surface area contributed by atoms with Crippen LogP contribution in [-0.4, -0.2) is 0 Å². The average Bonchev–Trinajstić information content (AvgIpc) is 2.69. The fraction of sp³-hybridized carbons (Fsp3) is 0.143. The quantitative estimate of drug-likeness (QED) is 0.525. The predicted octanol–water partition coefficient (Wildman–Crippen LogP) is 5.62. The van der Waals surface area contributed by atoms with Gasteiger partial charge in [0.05, 0.1) is 0 Å². The van der Waals surface area contributed by atoms with Gasteiger partial charge in [0.25, 0.3) is 0 Å². The molecule has 0 saturated heterocycles. The number of halogens is 2. The van der Waals surface area contributed by atoms with Crippen LogP contribution >= 0.6 is 27.5 Å². The highest BCUT2D eigenvalue weighted by Gasteiger charge is 2.13. The summed E-state index contributed by atoms with van der Waals surface area (Å²) in [6, 6.07) is 8.07. The van der Waals surface area contributed by atoms with Crippen molar-refractivity contribution in [2.45, 2.75) is 13.8 Å². The number of benzene rings is 2. The van der Waals surface area contributed by atoms with E-state index in [0.29, 0.717) is 0 Å². The van der Waals surface area contributed by atoms with Crippen LogP contribution < -0.4 is 0 Å². The number of fused-ring (bicyclic) bond motifs is 3. The first-order valence-corrected chi connectivity index (χ1v) is 6.53. The molecule has 0 radical (unpaired) electrons. The van der Waals surface area contributed by atoms with E-state index in [4.69, 9.17) is 16.0 Å². The topological polar surface area (TPSA) is 13.1 Å². The first-order valence-electron chi connectivity index (χ1n) is 5.36. The molecule has 0 amide bonds. The third-order valence-corrected chi connectivity index (χ3v) is 4.44. The van der Waals surface area contributed by atoms with Crippen molar-refractivity contribution in [3.63, 3.8) is 0 Å². The summed E-state index contributed by atoms with van der Waals surface area (Å²) in [4.78, 5) is 0. The van der Waals surface area contributed by atoms with Gasteiger partial charge in [-0.15, -0.1) is 0 Å². The number of rotatable bonds is 0. The Kier molecular flexibility index (Phi) is 2.46. The minimum Gasteiger partial charge on any atom is -0.455 e. The van der Waals surface area contributed by atoms with Gasteiger partial charge < -0.3 is 4.42 Å². The zero-order chi connectivity index (χ0) is 12.2. The van der Waals surface area contributed by atoms with Crippen molar-refractivity contribution in [3.8, 4) is 0 Å². The Morgan fingerprint density at radius 2 is 1.53 bits per heavy atom. The lowest BCUT2D eigenvalue weighted by Crippen LogP contribution is -1.76. The molecule has 3 heteroatoms. The van der Waals surface area contributed by atoms with Crippen molar-refractivity contribution >= 4 is 49.5 Å². The molecule has 1 aromatic heterocycles. The summed E-state index contributed by atoms with van der Waals surface area (Å²) in [6.45, 7) is 4.03. The molecule has 0 N–H and O–H groups in total. The molecule has 0 aliphatic carbocycles. The highest BCUT2D eigenvalue weighted by Crippen LogP contribution is 2.36. The Morgan fingerprint density at radius 1 is 0.941 bits per heavy atom. The number of aryl methyl sites for hydroxylation is 2. The van der Waals surface area contributed by atoms with E-state index < -0.39 is 0 Å². The molecule has 3 rings (SSSR count). The first kappa shape index (κ1) is 11.1. The highest BCUT2D eigenvalue weighted by atomic mass is 79.9. The summed E-state index contributed by atoms with van der Waals surface area (Å²) in [5.41, 5.74) is 3.93. The molecule has 0 aliphatic rings. The normalized spacial score (nSPS) is 11.5. The van der Waals surface area contributed by atoms with Crippen LogP contribution in [0.25, 0.3) is 21.9 Å². The van der Waals surface area contributed by atoms with E-state index in [1.54, 1.807) is 0 Å². The van der Waals surface area contributed by atoms with Gasteiger partial charge >= 0.3 is 0 Å². The molecule has 17 heavy (non-hydrogen) atoms. The lowest BCUT2D eigenvalue weighted by Gasteiger charge is -1.97. The van der Waals surface area contributed by atoms with E-state index in [1.807, 2.05) is 26.0 Å². The summed E-state index contributed by atoms with van der Waals surface area (Å²) in [6.07, 6.45) is 0. The lowest BCUT2D eigenvalue weighted by atomic mass is 10.1. The third kappa shape index (κ3) is 1.51. The molecule has 0 spiro atoms. The summed E-state index contributed by atoms with van der Waals surface area (Å²) < 4.78 is 7.02. The van der Waals surface area contributed by atoms with E-state index in [9.17, 15) is 0 Å². The van der Waals surface area contributed by atoms with Crippen LogP contribution in [0.2, 0.25) is 5.02 Å². The van der Waals surface area contributed by atoms with Crippen LogP contribution in [-0.2, 0) is 0 Å². The van der Waals surface area contributed by atoms with Gasteiger partial charge in [-0.05, 0) is 38.1 Å². The van der Waals surface area contributed by atoms with Gasteiger partial charge in [-0.2, -0.15) is 0 Å². The second kappa shape index (κ2) is 3.76. The summed E-state index contributed by atoms with van der Waals surface area (Å²) in [7, 11) is 0. The van der Waals surface area contributed by atoms with Crippen LogP contribution in [0.4, 0.5) is 0 Å². The van der Waals surface area contributed by atoms with Crippen LogP contribution in [0.5, 0.6) is 0 Å². The first-order chi connectivity index (χ1) is 8.09. The van der Waals surface area contributed by atoms with Gasteiger partial charge in [0.15, 0.2) is 0 Å². The van der Waals surface area contributed by atoms with Gasteiger partial charge in [-0.1, -0.05) is 27.5 Å². The van der Waals surface area contributed by atoms with Crippen molar-refractivity contribution in [2.24, 2.45) is 0 Å². The average molecular weight is 310 g/mol. The zero-order valence-electron chi connectivity index (χ0n) is 9.47. The second-order valence-electron chi connectivity index (χ2n) is 4.20. The van der Waals surface area contributed by atoms with Gasteiger partial charge in [0.1, 0.15) is 11.2 Å². The van der Waals surface area contributed by atoms with Crippen LogP contribution in [0, 0.1) is 13.8 Å². The number of hydrogen-bond acceptors (Lipinski definition) is 1. The van der Waals surface area contributed by atoms with E-state index in [0.717, 1.165) is 42.6 Å². The van der Waals surface area contributed by atoms with E-state index >= 15 is 0 Å². The van der Waals surface area contributed by atoms with Crippen molar-refractivity contribution in [1.82, 2.24) is 0 Å². The Balaban J connectivity index is 2.58. The standard InChI is InChI=1S/C14H10BrClO/c1-7-11(15)5-3-9-10-4-6-12(16)8(2)14(10)17-13(7)9/h3-6H,1-2H3. The van der Waals surface area contributed by atoms with Gasteiger partial charge in [0.2, 0.25) is 0 Å². The van der Waals surface area contributed by atoms with Crippen LogP contribution in [0.1, 0.15) is 11.1 Å². The zero-order valence-corrected chi connectivity index (χ0v) is 11.8. The van der Waals surface area contributed by atoms with Crippen molar-refractivity contribution in [2.75, 3.05) is 0 Å². The van der Waals surface area contributed by atoms with E-state index in [1.165, 1.54) is 0 Å². The van der Waals surface area contributed by atoms with E-state index in [2.05, 4.69) is 28.1 Å². The Morgan fingerprint density at radius 3 is 2.24 bits per heavy atom. The number of furan rings is 1. The van der Waals surface area contributed by atoms with Gasteiger partial charge in [0, 0.05) is 31.4 Å². The molecule has 86 valence electrons. The molecule has 0 aliphatic heterocycles. The van der Waals surface area contributed by atoms with Crippen molar-refractivity contribution in [1.29, 1.82) is 0 Å². The smallest absolute Gasteiger partial charge is 0.139 e. The van der Waals surface area contributed by atoms with Crippen LogP contribution in [0.15, 0.2) is 33.2 Å². The maximum Gasteiger partial charge on any atom is 0.139 e. The Hall–Kier alpha value is -0.990. The molecule has 0 bridgehead atoms. The minimum atomic E-state index is 0.744. The molecule has 0 saturated carbocycles. The molecular formula is C14H10BrClO. The Bertz CT molecular complexity index is 681. The van der Waals surface area contributed by atoms with Crippen molar-refractivity contribution < 1.29 is 4.42 Å². The summed E-state index contributed by atoms with van der Waals surface area (Å²) >= 11 is 9.64.